The van der Waals surface area contributed by atoms with Gasteiger partial charge in [-0.05, 0) is 49.2 Å². The lowest BCUT2D eigenvalue weighted by Crippen LogP contribution is -2.31. The summed E-state index contributed by atoms with van der Waals surface area (Å²) in [7, 11) is 0. The summed E-state index contributed by atoms with van der Waals surface area (Å²) in [5.41, 5.74) is 1.28. The number of hydrogen-bond acceptors (Lipinski definition) is 4. The van der Waals surface area contributed by atoms with E-state index in [9.17, 15) is 14.7 Å². The number of aliphatic imine (C=N–C) groups is 1. The van der Waals surface area contributed by atoms with Crippen LogP contribution in [-0.2, 0) is 0 Å². The molecule has 7 heteroatoms. The number of aromatic nitrogens is 2. The van der Waals surface area contributed by atoms with Gasteiger partial charge >= 0.3 is 5.69 Å². The average molecular weight is 370 g/mol. The van der Waals surface area contributed by atoms with Crippen LogP contribution in [0.2, 0.25) is 5.02 Å². The molecule has 0 amide bonds. The smallest absolute Gasteiger partial charge is 0.335 e. The van der Waals surface area contributed by atoms with E-state index in [0.717, 1.165) is 15.7 Å². The molecule has 1 aromatic heterocycles. The van der Waals surface area contributed by atoms with E-state index in [1.807, 2.05) is 19.9 Å². The molecule has 0 saturated heterocycles. The van der Waals surface area contributed by atoms with Crippen LogP contribution in [0.25, 0.3) is 5.69 Å². The largest absolute Gasteiger partial charge is 0.493 e. The minimum absolute atomic E-state index is 0.136. The van der Waals surface area contributed by atoms with Gasteiger partial charge in [-0.2, -0.15) is 0 Å². The molecule has 6 nitrogen and oxygen atoms in total. The number of halogens is 1. The van der Waals surface area contributed by atoms with E-state index in [0.29, 0.717) is 16.4 Å². The summed E-state index contributed by atoms with van der Waals surface area (Å²) in [5.74, 6) is -0.488. The highest BCUT2D eigenvalue weighted by Gasteiger charge is 2.14. The van der Waals surface area contributed by atoms with Gasteiger partial charge in [-0.1, -0.05) is 29.8 Å². The summed E-state index contributed by atoms with van der Waals surface area (Å²) < 4.78 is 1.03. The van der Waals surface area contributed by atoms with Crippen LogP contribution in [0.3, 0.4) is 0 Å². The van der Waals surface area contributed by atoms with Gasteiger partial charge in [0.15, 0.2) is 0 Å². The van der Waals surface area contributed by atoms with Crippen molar-refractivity contribution < 1.29 is 5.11 Å². The van der Waals surface area contributed by atoms with Crippen LogP contribution < -0.4 is 11.2 Å². The number of aromatic amines is 1. The van der Waals surface area contributed by atoms with Gasteiger partial charge in [0.1, 0.15) is 5.56 Å². The molecule has 132 valence electrons. The van der Waals surface area contributed by atoms with Gasteiger partial charge in [-0.15, -0.1) is 0 Å². The molecule has 26 heavy (non-hydrogen) atoms. The highest BCUT2D eigenvalue weighted by Crippen LogP contribution is 2.24. The van der Waals surface area contributed by atoms with Crippen LogP contribution in [0, 0.1) is 13.8 Å². The zero-order valence-electron chi connectivity index (χ0n) is 14.2. The summed E-state index contributed by atoms with van der Waals surface area (Å²) in [6.07, 6.45) is 1.19. The van der Waals surface area contributed by atoms with E-state index in [2.05, 4.69) is 9.98 Å². The minimum Gasteiger partial charge on any atom is -0.493 e. The third kappa shape index (κ3) is 3.32. The number of H-pyrrole nitrogens is 1. The molecule has 0 aliphatic rings. The van der Waals surface area contributed by atoms with Crippen molar-refractivity contribution in [3.05, 3.63) is 85.0 Å². The molecule has 3 rings (SSSR count). The first kappa shape index (κ1) is 17.7. The van der Waals surface area contributed by atoms with Gasteiger partial charge in [0.2, 0.25) is 5.88 Å². The fraction of sp³-hybridized carbons (Fsp3) is 0.105. The third-order valence-electron chi connectivity index (χ3n) is 4.05. The number of hydrogen-bond donors (Lipinski definition) is 2. The van der Waals surface area contributed by atoms with Crippen molar-refractivity contribution in [1.29, 1.82) is 0 Å². The molecule has 0 unspecified atom stereocenters. The Kier molecular flexibility index (Phi) is 4.77. The van der Waals surface area contributed by atoms with Crippen molar-refractivity contribution in [1.82, 2.24) is 9.55 Å². The first-order chi connectivity index (χ1) is 12.4. The topological polar surface area (TPSA) is 87.4 Å². The second kappa shape index (κ2) is 7.01. The van der Waals surface area contributed by atoms with Gasteiger partial charge < -0.3 is 5.11 Å². The molecule has 0 atom stereocenters. The van der Waals surface area contributed by atoms with Crippen molar-refractivity contribution in [3.63, 3.8) is 0 Å². The number of rotatable bonds is 3. The molecule has 0 aliphatic carbocycles. The molecule has 0 fully saturated rings. The minimum atomic E-state index is -0.733. The number of nitrogens with one attached hydrogen (secondary N) is 1. The molecule has 3 aromatic rings. The number of aryl methyl sites for hydroxylation is 2. The molecular weight excluding hydrogens is 354 g/mol. The lowest BCUT2D eigenvalue weighted by molar-refractivity contribution is 0.430. The second-order valence-corrected chi connectivity index (χ2v) is 6.22. The van der Waals surface area contributed by atoms with Crippen LogP contribution in [0.5, 0.6) is 5.88 Å². The Morgan fingerprint density at radius 3 is 2.54 bits per heavy atom. The van der Waals surface area contributed by atoms with E-state index in [-0.39, 0.29) is 5.56 Å². The monoisotopic (exact) mass is 369 g/mol. The molecule has 0 spiro atoms. The molecule has 0 bridgehead atoms. The number of aromatic hydroxyl groups is 1. The average Bonchev–Trinajstić information content (AvgIpc) is 2.59. The lowest BCUT2D eigenvalue weighted by Gasteiger charge is -2.11. The SMILES string of the molecule is Cc1ccc(-n2c(O)c(C=Nc3ccccc3Cl)c(=O)[nH]c2=O)cc1C. The van der Waals surface area contributed by atoms with Crippen LogP contribution in [-0.4, -0.2) is 20.9 Å². The summed E-state index contributed by atoms with van der Waals surface area (Å²) >= 11 is 6.04. The van der Waals surface area contributed by atoms with Crippen molar-refractivity contribution in [2.75, 3.05) is 0 Å². The van der Waals surface area contributed by atoms with E-state index >= 15 is 0 Å². The maximum Gasteiger partial charge on any atom is 0.335 e. The van der Waals surface area contributed by atoms with Gasteiger partial charge in [0.05, 0.1) is 16.4 Å². The van der Waals surface area contributed by atoms with Crippen LogP contribution in [0.1, 0.15) is 16.7 Å². The van der Waals surface area contributed by atoms with E-state index in [1.54, 1.807) is 36.4 Å². The third-order valence-corrected chi connectivity index (χ3v) is 4.37. The molecular formula is C19H16ClN3O3. The van der Waals surface area contributed by atoms with Crippen molar-refractivity contribution in [2.24, 2.45) is 4.99 Å². The van der Waals surface area contributed by atoms with Crippen LogP contribution in [0.4, 0.5) is 5.69 Å². The summed E-state index contributed by atoms with van der Waals surface area (Å²) in [4.78, 5) is 30.7. The highest BCUT2D eigenvalue weighted by atomic mass is 35.5. The summed E-state index contributed by atoms with van der Waals surface area (Å²) in [6.45, 7) is 3.84. The Morgan fingerprint density at radius 1 is 1.12 bits per heavy atom. The first-order valence-electron chi connectivity index (χ1n) is 7.83. The Balaban J connectivity index is 2.16. The Bertz CT molecular complexity index is 1130. The van der Waals surface area contributed by atoms with Crippen LogP contribution >= 0.6 is 11.6 Å². The highest BCUT2D eigenvalue weighted by molar-refractivity contribution is 6.33. The maximum absolute atomic E-state index is 12.2. The Labute approximate surface area is 154 Å². The molecule has 0 radical (unpaired) electrons. The lowest BCUT2D eigenvalue weighted by atomic mass is 10.1. The molecule has 2 N–H and O–H groups in total. The maximum atomic E-state index is 12.2. The summed E-state index contributed by atoms with van der Waals surface area (Å²) in [6, 6.07) is 12.1. The number of para-hydroxylation sites is 1. The first-order valence-corrected chi connectivity index (χ1v) is 8.21. The number of nitrogens with zero attached hydrogens (tertiary/aromatic N) is 2. The van der Waals surface area contributed by atoms with Gasteiger partial charge in [-0.3, -0.25) is 14.8 Å². The van der Waals surface area contributed by atoms with Crippen molar-refractivity contribution in [3.8, 4) is 11.6 Å². The number of benzene rings is 2. The second-order valence-electron chi connectivity index (χ2n) is 5.81. The van der Waals surface area contributed by atoms with Crippen molar-refractivity contribution >= 4 is 23.5 Å². The van der Waals surface area contributed by atoms with E-state index in [1.165, 1.54) is 6.21 Å². The molecule has 0 aliphatic heterocycles. The molecule has 1 heterocycles. The van der Waals surface area contributed by atoms with E-state index < -0.39 is 17.1 Å². The van der Waals surface area contributed by atoms with Crippen LogP contribution in [0.15, 0.2) is 57.0 Å². The normalized spacial score (nSPS) is 11.2. The van der Waals surface area contributed by atoms with E-state index in [4.69, 9.17) is 11.6 Å². The predicted octanol–water partition coefficient (Wildman–Crippen LogP) is 3.25. The standard InChI is InChI=1S/C19H16ClN3O3/c1-11-7-8-13(9-12(11)2)23-18(25)14(17(24)22-19(23)26)10-21-16-6-4-3-5-15(16)20/h3-10,25H,1-2H3,(H,22,24,26). The fourth-order valence-corrected chi connectivity index (χ4v) is 2.63. The van der Waals surface area contributed by atoms with Gasteiger partial charge in [0.25, 0.3) is 5.56 Å². The summed E-state index contributed by atoms with van der Waals surface area (Å²) in [5, 5.41) is 10.9. The Hall–Kier alpha value is -3.12. The van der Waals surface area contributed by atoms with Gasteiger partial charge in [0, 0.05) is 6.21 Å². The Morgan fingerprint density at radius 2 is 1.85 bits per heavy atom. The zero-order chi connectivity index (χ0) is 18.8. The molecule has 0 saturated carbocycles. The quantitative estimate of drug-likeness (QED) is 0.694. The predicted molar refractivity (Wildman–Crippen MR) is 103 cm³/mol. The fourth-order valence-electron chi connectivity index (χ4n) is 2.45. The van der Waals surface area contributed by atoms with Crippen molar-refractivity contribution in [2.45, 2.75) is 13.8 Å². The van der Waals surface area contributed by atoms with Gasteiger partial charge in [-0.25, -0.2) is 9.36 Å². The molecule has 2 aromatic carbocycles. The zero-order valence-corrected chi connectivity index (χ0v) is 14.9.